The van der Waals surface area contributed by atoms with Gasteiger partial charge in [0.05, 0.1) is 12.7 Å². The van der Waals surface area contributed by atoms with E-state index in [1.807, 2.05) is 0 Å². The van der Waals surface area contributed by atoms with E-state index in [1.54, 1.807) is 0 Å². The Morgan fingerprint density at radius 2 is 0.971 bits per heavy atom. The predicted octanol–water partition coefficient (Wildman–Crippen LogP) is 7.45. The summed E-state index contributed by atoms with van der Waals surface area (Å²) in [5.74, 6) is 0.0629. The first-order valence-corrected chi connectivity index (χ1v) is 14.3. The minimum absolute atomic E-state index is 0. The fourth-order valence-corrected chi connectivity index (χ4v) is 4.29. The number of unbranched alkanes of at least 4 members (excludes halogenated alkanes) is 19. The van der Waals surface area contributed by atoms with Gasteiger partial charge in [-0.1, -0.05) is 129 Å². The van der Waals surface area contributed by atoms with Crippen LogP contribution in [0.1, 0.15) is 155 Å². The predicted molar refractivity (Wildman–Crippen MR) is 138 cm³/mol. The van der Waals surface area contributed by atoms with Crippen molar-refractivity contribution in [1.82, 2.24) is 5.32 Å². The van der Waals surface area contributed by atoms with Gasteiger partial charge >= 0.3 is 0 Å². The van der Waals surface area contributed by atoms with Gasteiger partial charge in [-0.3, -0.25) is 4.79 Å². The second-order valence-corrected chi connectivity index (χ2v) is 9.80. The van der Waals surface area contributed by atoms with E-state index in [2.05, 4.69) is 12.2 Å². The molecule has 1 amide bonds. The summed E-state index contributed by atoms with van der Waals surface area (Å²) in [4.78, 5) is 11.7. The summed E-state index contributed by atoms with van der Waals surface area (Å²) in [7, 11) is 0. The standard InChI is InChI=1S/C28H57NO3.2Ac/c1-2-3-4-5-6-7-8-9-10-11-12-13-14-15-16-17-18-19-20-21-25-29-28(32)24-22-23-27(31)26-30;;/h27,30-31H,2-26H2,1H3,(H,29,32);;/t27-;;/m0../s1. The molecule has 34 heavy (non-hydrogen) atoms. The molecule has 0 aliphatic rings. The van der Waals surface area contributed by atoms with Crippen molar-refractivity contribution >= 4 is 5.91 Å². The number of amides is 1. The number of aliphatic hydroxyl groups is 2. The topological polar surface area (TPSA) is 69.6 Å². The van der Waals surface area contributed by atoms with Crippen molar-refractivity contribution in [3.8, 4) is 0 Å². The minimum atomic E-state index is -0.688. The summed E-state index contributed by atoms with van der Waals surface area (Å²) < 4.78 is 0. The Labute approximate surface area is 284 Å². The maximum Gasteiger partial charge on any atom is 0.219 e. The van der Waals surface area contributed by atoms with Crippen molar-refractivity contribution in [3.05, 3.63) is 0 Å². The van der Waals surface area contributed by atoms with Gasteiger partial charge in [-0.2, -0.15) is 0 Å². The van der Waals surface area contributed by atoms with E-state index < -0.39 is 6.10 Å². The van der Waals surface area contributed by atoms with E-state index in [4.69, 9.17) is 5.11 Å². The van der Waals surface area contributed by atoms with Crippen molar-refractivity contribution in [2.45, 2.75) is 161 Å². The van der Waals surface area contributed by atoms with Crippen molar-refractivity contribution in [2.75, 3.05) is 13.2 Å². The monoisotopic (exact) mass is 909 g/mol. The molecular formula is C28H57Ac2NO3. The molecule has 0 aromatic rings. The summed E-state index contributed by atoms with van der Waals surface area (Å²) >= 11 is 0. The average molecular weight is 910 g/mol. The van der Waals surface area contributed by atoms with Gasteiger partial charge in [0.15, 0.2) is 0 Å². The maximum absolute atomic E-state index is 11.7. The summed E-state index contributed by atoms with van der Waals surface area (Å²) in [6, 6.07) is 0. The molecule has 4 nitrogen and oxygen atoms in total. The molecule has 198 valence electrons. The molecule has 0 rings (SSSR count). The van der Waals surface area contributed by atoms with Crippen LogP contribution < -0.4 is 5.32 Å². The van der Waals surface area contributed by atoms with Crippen LogP contribution in [0, 0.1) is 88.1 Å². The van der Waals surface area contributed by atoms with E-state index in [-0.39, 0.29) is 101 Å². The average Bonchev–Trinajstić information content (AvgIpc) is 2.79. The van der Waals surface area contributed by atoms with Gasteiger partial charge < -0.3 is 15.5 Å². The molecular weight excluding hydrogens is 852 g/mol. The number of aliphatic hydroxyl groups excluding tert-OH is 2. The number of rotatable bonds is 26. The first-order valence-electron chi connectivity index (χ1n) is 14.3. The van der Waals surface area contributed by atoms with Crippen LogP contribution in [0.15, 0.2) is 0 Å². The second-order valence-electron chi connectivity index (χ2n) is 9.80. The number of nitrogens with one attached hydrogen (secondary N) is 1. The zero-order chi connectivity index (χ0) is 23.5. The summed E-state index contributed by atoms with van der Waals surface area (Å²) in [6.45, 7) is 2.83. The van der Waals surface area contributed by atoms with Gasteiger partial charge in [0.1, 0.15) is 0 Å². The number of hydrogen-bond donors (Lipinski definition) is 3. The molecule has 1 atom stereocenters. The van der Waals surface area contributed by atoms with Gasteiger partial charge in [0.2, 0.25) is 5.91 Å². The Bertz CT molecular complexity index is 387. The SMILES string of the molecule is CCCCCCCCCCCCCCCCCCCCCCNC(=O)CCC[C@H](O)CO.[Ac].[Ac]. The van der Waals surface area contributed by atoms with Gasteiger partial charge in [0, 0.05) is 101 Å². The van der Waals surface area contributed by atoms with E-state index in [0.29, 0.717) is 19.3 Å². The summed E-state index contributed by atoms with van der Waals surface area (Å²) in [5.41, 5.74) is 0. The van der Waals surface area contributed by atoms with Crippen molar-refractivity contribution in [2.24, 2.45) is 0 Å². The van der Waals surface area contributed by atoms with Crippen LogP contribution in [0.4, 0.5) is 0 Å². The molecule has 6 heteroatoms. The third-order valence-electron chi connectivity index (χ3n) is 6.50. The molecule has 0 saturated carbocycles. The number of carbonyl (C=O) groups is 1. The van der Waals surface area contributed by atoms with E-state index >= 15 is 0 Å². The van der Waals surface area contributed by atoms with Gasteiger partial charge in [-0.15, -0.1) is 0 Å². The Balaban J connectivity index is -0.00000480. The Hall–Kier alpha value is 2.27. The molecule has 0 saturated heterocycles. The van der Waals surface area contributed by atoms with Crippen LogP contribution in [0.2, 0.25) is 0 Å². The largest absolute Gasteiger partial charge is 0.394 e. The molecule has 3 N–H and O–H groups in total. The van der Waals surface area contributed by atoms with E-state index in [9.17, 15) is 9.90 Å². The maximum atomic E-state index is 11.7. The third-order valence-corrected chi connectivity index (χ3v) is 6.50. The van der Waals surface area contributed by atoms with Gasteiger partial charge in [-0.05, 0) is 19.3 Å². The molecule has 0 heterocycles. The first-order chi connectivity index (χ1) is 15.7. The Kier molecular flexibility index (Phi) is 42.3. The smallest absolute Gasteiger partial charge is 0.219 e. The van der Waals surface area contributed by atoms with Crippen LogP contribution >= 0.6 is 0 Å². The first kappa shape index (κ1) is 40.8. The van der Waals surface area contributed by atoms with Crippen LogP contribution in [-0.2, 0) is 4.79 Å². The fourth-order valence-electron chi connectivity index (χ4n) is 4.29. The van der Waals surface area contributed by atoms with Crippen molar-refractivity contribution in [3.63, 3.8) is 0 Å². The molecule has 0 spiro atoms. The molecule has 2 radical (unpaired) electrons. The third kappa shape index (κ3) is 34.3. The Morgan fingerprint density at radius 3 is 1.32 bits per heavy atom. The van der Waals surface area contributed by atoms with Crippen LogP contribution in [0.25, 0.3) is 0 Å². The fraction of sp³-hybridized carbons (Fsp3) is 0.964. The normalized spacial score (nSPS) is 11.5. The Morgan fingerprint density at radius 1 is 0.618 bits per heavy atom. The number of hydrogen-bond acceptors (Lipinski definition) is 3. The van der Waals surface area contributed by atoms with Crippen LogP contribution in [0.5, 0.6) is 0 Å². The van der Waals surface area contributed by atoms with Crippen molar-refractivity contribution in [1.29, 1.82) is 0 Å². The molecule has 0 aliphatic heterocycles. The molecule has 0 aromatic heterocycles. The molecule has 0 unspecified atom stereocenters. The summed E-state index contributed by atoms with van der Waals surface area (Å²) in [5, 5.41) is 20.9. The summed E-state index contributed by atoms with van der Waals surface area (Å²) in [6.07, 6.45) is 28.5. The van der Waals surface area contributed by atoms with Crippen LogP contribution in [0.3, 0.4) is 0 Å². The molecule has 0 bridgehead atoms. The quantitative estimate of drug-likeness (QED) is 0.0792. The second kappa shape index (κ2) is 35.3. The number of carbonyl (C=O) groups excluding carboxylic acids is 1. The zero-order valence-corrected chi connectivity index (χ0v) is 32.2. The molecule has 0 aromatic carbocycles. The minimum Gasteiger partial charge on any atom is -0.394 e. The van der Waals surface area contributed by atoms with Gasteiger partial charge in [0.25, 0.3) is 0 Å². The zero-order valence-electron chi connectivity index (χ0n) is 22.7. The van der Waals surface area contributed by atoms with Gasteiger partial charge in [-0.25, -0.2) is 0 Å². The van der Waals surface area contributed by atoms with E-state index in [0.717, 1.165) is 13.0 Å². The van der Waals surface area contributed by atoms with Crippen LogP contribution in [-0.4, -0.2) is 35.4 Å². The molecule has 0 fully saturated rings. The van der Waals surface area contributed by atoms with Crippen molar-refractivity contribution < 1.29 is 103 Å². The van der Waals surface area contributed by atoms with E-state index in [1.165, 1.54) is 122 Å². The molecule has 0 aliphatic carbocycles.